The quantitative estimate of drug-likeness (QED) is 0.160. The van der Waals surface area contributed by atoms with Gasteiger partial charge in [-0.15, -0.1) is 0 Å². The van der Waals surface area contributed by atoms with Crippen molar-refractivity contribution in [2.45, 2.75) is 152 Å². The fourth-order valence-electron chi connectivity index (χ4n) is 14.9. The molecule has 0 aromatic heterocycles. The fraction of sp³-hybridized carbons (Fsp3) is 0.740. The Bertz CT molecular complexity index is 2010. The number of carboxylic acid groups (broad SMARTS) is 1. The van der Waals surface area contributed by atoms with Crippen molar-refractivity contribution in [1.82, 2.24) is 10.6 Å². The molecule has 336 valence electrons. The zero-order valence-corrected chi connectivity index (χ0v) is 39.2. The van der Waals surface area contributed by atoms with Crippen molar-refractivity contribution in [1.29, 1.82) is 0 Å². The Labute approximate surface area is 368 Å². The number of allylic oxidation sites excluding steroid dienone is 2. The molecule has 6 aliphatic rings. The maximum Gasteiger partial charge on any atom is 0.309 e. The number of ether oxygens (including phenoxy) is 1. The zero-order valence-electron chi connectivity index (χ0n) is 38.4. The second-order valence-corrected chi connectivity index (χ2v) is 23.4. The first-order chi connectivity index (χ1) is 28.3. The van der Waals surface area contributed by atoms with Crippen LogP contribution in [0.4, 0.5) is 0 Å². The van der Waals surface area contributed by atoms with Crippen LogP contribution in [0.2, 0.25) is 5.02 Å². The van der Waals surface area contributed by atoms with Gasteiger partial charge in [0.05, 0.1) is 17.4 Å². The van der Waals surface area contributed by atoms with E-state index in [1.165, 1.54) is 5.57 Å². The number of Topliss-reactive ketones (excluding diaryl/α,β-unsaturated/α-hetero) is 1. The third-order valence-corrected chi connectivity index (χ3v) is 19.0. The Hall–Kier alpha value is -3.24. The molecule has 0 spiro atoms. The molecular formula is C50H72ClN3O7. The molecule has 10 nitrogen and oxygen atoms in total. The summed E-state index contributed by atoms with van der Waals surface area (Å²) in [7, 11) is 0. The summed E-state index contributed by atoms with van der Waals surface area (Å²) in [5.74, 6) is -1.24. The summed E-state index contributed by atoms with van der Waals surface area (Å²) < 4.78 is 6.42. The third kappa shape index (κ3) is 7.20. The van der Waals surface area contributed by atoms with Gasteiger partial charge in [0, 0.05) is 47.3 Å². The minimum atomic E-state index is -0.895. The van der Waals surface area contributed by atoms with Crippen molar-refractivity contribution in [2.24, 2.45) is 73.7 Å². The van der Waals surface area contributed by atoms with E-state index in [-0.39, 0.29) is 82.7 Å². The first-order valence-corrected chi connectivity index (χ1v) is 23.4. The Morgan fingerprint density at radius 1 is 0.885 bits per heavy atom. The minimum Gasteiger partial charge on any atom is -0.481 e. The molecular weight excluding hydrogens is 790 g/mol. The molecule has 0 aliphatic heterocycles. The van der Waals surface area contributed by atoms with Crippen LogP contribution >= 0.6 is 11.6 Å². The molecule has 1 aromatic carbocycles. The summed E-state index contributed by atoms with van der Waals surface area (Å²) in [5, 5.41) is 16.4. The van der Waals surface area contributed by atoms with Gasteiger partial charge in [-0.3, -0.25) is 24.0 Å². The highest BCUT2D eigenvalue weighted by Gasteiger charge is 2.70. The Morgan fingerprint density at radius 2 is 1.56 bits per heavy atom. The van der Waals surface area contributed by atoms with Crippen molar-refractivity contribution < 1.29 is 33.8 Å². The monoisotopic (exact) mass is 862 g/mol. The highest BCUT2D eigenvalue weighted by molar-refractivity contribution is 6.30. The molecule has 61 heavy (non-hydrogen) atoms. The molecule has 0 heterocycles. The summed E-state index contributed by atoms with van der Waals surface area (Å²) in [6.07, 6.45) is 8.22. The van der Waals surface area contributed by atoms with Crippen LogP contribution in [-0.2, 0) is 23.9 Å². The zero-order chi connectivity index (χ0) is 44.9. The number of fused-ring (bicyclic) bond motifs is 7. The van der Waals surface area contributed by atoms with E-state index in [9.17, 15) is 29.1 Å². The average molecular weight is 863 g/mol. The van der Waals surface area contributed by atoms with Crippen molar-refractivity contribution >= 4 is 41.1 Å². The number of aliphatic carboxylic acids is 1. The average Bonchev–Trinajstić information content (AvgIpc) is 3.46. The lowest BCUT2D eigenvalue weighted by molar-refractivity contribution is -0.236. The van der Waals surface area contributed by atoms with Gasteiger partial charge in [0.15, 0.2) is 5.78 Å². The van der Waals surface area contributed by atoms with Gasteiger partial charge in [-0.05, 0) is 140 Å². The molecule has 5 saturated carbocycles. The Kier molecular flexibility index (Phi) is 11.6. The standard InChI is InChI=1S/C50H72ClN3O7/c1-28(2)39-34(55)24-50(25-38(56)54-46(7,26-52)27-53-41(57)29-11-13-30(51)14-12-29)22-21-48(9)31(40(39)50)15-16-36-47(8)19-18-37(45(5,6)35(47)17-20-49(36,48)10)61-43(60)33-23-32(42(58)59)44(33,3)4/h11-14,28,31-33,35-37H,15-27,52H2,1-10H3,(H,53,57)(H,54,56)(H,58,59)/t31-,32+,33-,35+,36-,37+,46?,47+,48-,49-,50+/m1/s1. The smallest absolute Gasteiger partial charge is 0.309 e. The number of ketones is 1. The number of halogens is 1. The predicted molar refractivity (Wildman–Crippen MR) is 236 cm³/mol. The number of esters is 1. The first kappa shape index (κ1) is 45.8. The third-order valence-electron chi connectivity index (χ3n) is 18.8. The van der Waals surface area contributed by atoms with Crippen LogP contribution in [-0.4, -0.2) is 59.4 Å². The van der Waals surface area contributed by atoms with E-state index in [0.29, 0.717) is 35.3 Å². The van der Waals surface area contributed by atoms with E-state index in [4.69, 9.17) is 22.1 Å². The number of carboxylic acids is 1. The second-order valence-electron chi connectivity index (χ2n) is 22.9. The number of carbonyl (C=O) groups is 5. The highest BCUT2D eigenvalue weighted by Crippen LogP contribution is 2.77. The summed E-state index contributed by atoms with van der Waals surface area (Å²) in [6.45, 7) is 22.3. The number of rotatable bonds is 11. The first-order valence-electron chi connectivity index (χ1n) is 23.1. The van der Waals surface area contributed by atoms with Gasteiger partial charge in [-0.25, -0.2) is 0 Å². The Morgan fingerprint density at radius 3 is 2.16 bits per heavy atom. The number of hydrogen-bond acceptors (Lipinski definition) is 7. The number of benzene rings is 1. The van der Waals surface area contributed by atoms with Crippen molar-refractivity contribution in [3.05, 3.63) is 46.0 Å². The molecule has 0 saturated heterocycles. The van der Waals surface area contributed by atoms with Gasteiger partial charge in [0.1, 0.15) is 6.10 Å². The number of nitrogens with one attached hydrogen (secondary N) is 2. The van der Waals surface area contributed by atoms with Crippen LogP contribution in [0.5, 0.6) is 0 Å². The number of amides is 2. The molecule has 5 N–H and O–H groups in total. The molecule has 5 fully saturated rings. The molecule has 1 aromatic rings. The molecule has 7 rings (SSSR count). The SMILES string of the molecule is CC(C)C1=C2[C@H]3CC[C@@H]4[C@@]5(C)CC[C@H](OC(=O)[C@H]6C[C@@H](C(=O)O)C6(C)C)C(C)(C)[C@@H]5CC[C@@]4(C)[C@]3(C)CC[C@@]2(CC(=O)NC(C)(CN)CNC(=O)c2ccc(Cl)cc2)CC1=O. The largest absolute Gasteiger partial charge is 0.481 e. The lowest BCUT2D eigenvalue weighted by Gasteiger charge is -2.72. The topological polar surface area (TPSA) is 165 Å². The number of nitrogens with two attached hydrogens (primary N) is 1. The number of hydrogen-bond donors (Lipinski definition) is 4. The summed E-state index contributed by atoms with van der Waals surface area (Å²) >= 11 is 6.02. The van der Waals surface area contributed by atoms with Crippen LogP contribution in [0.25, 0.3) is 0 Å². The molecule has 2 amide bonds. The van der Waals surface area contributed by atoms with E-state index in [2.05, 4.69) is 59.1 Å². The van der Waals surface area contributed by atoms with Crippen LogP contribution in [0.15, 0.2) is 35.4 Å². The number of carbonyl (C=O) groups excluding carboxylic acids is 4. The fourth-order valence-corrected chi connectivity index (χ4v) is 15.1. The molecule has 0 bridgehead atoms. The molecule has 0 radical (unpaired) electrons. The molecule has 11 atom stereocenters. The highest BCUT2D eigenvalue weighted by atomic mass is 35.5. The van der Waals surface area contributed by atoms with Crippen LogP contribution in [0, 0.1) is 68.0 Å². The lowest BCUT2D eigenvalue weighted by atomic mass is 9.33. The maximum absolute atomic E-state index is 14.3. The lowest BCUT2D eigenvalue weighted by Crippen LogP contribution is -2.66. The van der Waals surface area contributed by atoms with Gasteiger partial charge >= 0.3 is 11.9 Å². The Balaban J connectivity index is 1.10. The van der Waals surface area contributed by atoms with Crippen molar-refractivity contribution in [3.63, 3.8) is 0 Å². The summed E-state index contributed by atoms with van der Waals surface area (Å²) in [6, 6.07) is 6.65. The van der Waals surface area contributed by atoms with Crippen molar-refractivity contribution in [3.8, 4) is 0 Å². The van der Waals surface area contributed by atoms with E-state index in [1.807, 2.05) is 20.8 Å². The normalized spacial score (nSPS) is 38.1. The van der Waals surface area contributed by atoms with E-state index in [1.54, 1.807) is 24.3 Å². The van der Waals surface area contributed by atoms with E-state index in [0.717, 1.165) is 56.9 Å². The van der Waals surface area contributed by atoms with Crippen LogP contribution in [0.3, 0.4) is 0 Å². The van der Waals surface area contributed by atoms with Crippen molar-refractivity contribution in [2.75, 3.05) is 13.1 Å². The minimum absolute atomic E-state index is 0.00187. The summed E-state index contributed by atoms with van der Waals surface area (Å²) in [5.41, 5.74) is 6.54. The molecule has 1 unspecified atom stereocenters. The van der Waals surface area contributed by atoms with Gasteiger partial charge in [0.25, 0.3) is 5.91 Å². The van der Waals surface area contributed by atoms with E-state index < -0.39 is 34.2 Å². The predicted octanol–water partition coefficient (Wildman–Crippen LogP) is 8.93. The van der Waals surface area contributed by atoms with Gasteiger partial charge in [0.2, 0.25) is 5.91 Å². The molecule has 6 aliphatic carbocycles. The maximum atomic E-state index is 14.3. The van der Waals surface area contributed by atoms with Gasteiger partial charge in [-0.1, -0.05) is 79.5 Å². The van der Waals surface area contributed by atoms with Crippen LogP contribution in [0.1, 0.15) is 150 Å². The van der Waals surface area contributed by atoms with Crippen LogP contribution < -0.4 is 16.4 Å². The van der Waals surface area contributed by atoms with Gasteiger partial charge in [-0.2, -0.15) is 0 Å². The molecule has 11 heteroatoms. The van der Waals surface area contributed by atoms with Gasteiger partial charge < -0.3 is 26.2 Å². The second kappa shape index (κ2) is 15.5. The van der Waals surface area contributed by atoms with E-state index >= 15 is 0 Å². The summed E-state index contributed by atoms with van der Waals surface area (Å²) in [4.78, 5) is 67.0.